The number of methoxy groups -OCH3 is 1. The molecule has 1 atom stereocenters. The van der Waals surface area contributed by atoms with Crippen molar-refractivity contribution < 1.29 is 9.53 Å². The van der Waals surface area contributed by atoms with Crippen LogP contribution in [0.2, 0.25) is 0 Å². The fourth-order valence-corrected chi connectivity index (χ4v) is 1.68. The highest BCUT2D eigenvalue weighted by Gasteiger charge is 2.16. The van der Waals surface area contributed by atoms with Crippen LogP contribution in [0.25, 0.3) is 0 Å². The number of ether oxygens (including phenoxy) is 1. The summed E-state index contributed by atoms with van der Waals surface area (Å²) >= 11 is 0. The smallest absolute Gasteiger partial charge is 0.249 e. The standard InChI is InChI=1S/C11H16N2O2/c1-7(6-15-2)10-8(11(13)14)4-3-5-9(10)12/h3-5,7H,6,12H2,1-2H3,(H2,13,14). The highest BCUT2D eigenvalue weighted by Crippen LogP contribution is 2.26. The number of hydrogen-bond acceptors (Lipinski definition) is 3. The number of carbonyl (C=O) groups is 1. The second-order valence-electron chi connectivity index (χ2n) is 3.53. The van der Waals surface area contributed by atoms with Crippen LogP contribution in [-0.4, -0.2) is 19.6 Å². The molecule has 0 spiro atoms. The summed E-state index contributed by atoms with van der Waals surface area (Å²) < 4.78 is 5.04. The van der Waals surface area contributed by atoms with E-state index in [-0.39, 0.29) is 5.92 Å². The molecule has 0 saturated carbocycles. The molecule has 0 bridgehead atoms. The molecule has 1 amide bonds. The van der Waals surface area contributed by atoms with Gasteiger partial charge in [0.25, 0.3) is 0 Å². The van der Waals surface area contributed by atoms with E-state index in [2.05, 4.69) is 0 Å². The van der Waals surface area contributed by atoms with Crippen molar-refractivity contribution in [2.45, 2.75) is 12.8 Å². The number of nitrogen functional groups attached to an aromatic ring is 1. The first kappa shape index (κ1) is 11.5. The van der Waals surface area contributed by atoms with Crippen molar-refractivity contribution in [3.63, 3.8) is 0 Å². The maximum atomic E-state index is 11.2. The highest BCUT2D eigenvalue weighted by molar-refractivity contribution is 5.96. The van der Waals surface area contributed by atoms with Gasteiger partial charge < -0.3 is 16.2 Å². The summed E-state index contributed by atoms with van der Waals surface area (Å²) in [6, 6.07) is 5.16. The van der Waals surface area contributed by atoms with E-state index in [0.29, 0.717) is 17.9 Å². The van der Waals surface area contributed by atoms with Crippen LogP contribution < -0.4 is 11.5 Å². The van der Waals surface area contributed by atoms with Crippen molar-refractivity contribution in [1.82, 2.24) is 0 Å². The van der Waals surface area contributed by atoms with Gasteiger partial charge in [0.1, 0.15) is 0 Å². The van der Waals surface area contributed by atoms with Gasteiger partial charge in [0.2, 0.25) is 5.91 Å². The Balaban J connectivity index is 3.18. The third kappa shape index (κ3) is 2.47. The number of benzene rings is 1. The van der Waals surface area contributed by atoms with Gasteiger partial charge >= 0.3 is 0 Å². The normalized spacial score (nSPS) is 12.4. The SMILES string of the molecule is COCC(C)c1c(N)cccc1C(N)=O. The number of amides is 1. The van der Waals surface area contributed by atoms with Crippen LogP contribution in [0, 0.1) is 0 Å². The topological polar surface area (TPSA) is 78.3 Å². The molecule has 1 rings (SSSR count). The molecule has 4 heteroatoms. The van der Waals surface area contributed by atoms with E-state index in [1.807, 2.05) is 6.92 Å². The lowest BCUT2D eigenvalue weighted by molar-refractivity contribution is 0.0998. The summed E-state index contributed by atoms with van der Waals surface area (Å²) in [7, 11) is 1.61. The van der Waals surface area contributed by atoms with Gasteiger partial charge in [0, 0.05) is 24.3 Å². The average Bonchev–Trinajstić information content (AvgIpc) is 2.17. The van der Waals surface area contributed by atoms with Crippen molar-refractivity contribution in [2.24, 2.45) is 5.73 Å². The Labute approximate surface area is 89.2 Å². The molecule has 1 aromatic carbocycles. The molecule has 1 unspecified atom stereocenters. The zero-order valence-electron chi connectivity index (χ0n) is 8.99. The minimum Gasteiger partial charge on any atom is -0.398 e. The Morgan fingerprint density at radius 1 is 1.53 bits per heavy atom. The Kier molecular flexibility index (Phi) is 3.68. The maximum absolute atomic E-state index is 11.2. The van der Waals surface area contributed by atoms with Gasteiger partial charge in [-0.2, -0.15) is 0 Å². The van der Waals surface area contributed by atoms with Crippen LogP contribution in [0.5, 0.6) is 0 Å². The van der Waals surface area contributed by atoms with E-state index in [1.54, 1.807) is 25.3 Å². The zero-order chi connectivity index (χ0) is 11.4. The predicted octanol–water partition coefficient (Wildman–Crippen LogP) is 1.12. The Morgan fingerprint density at radius 3 is 2.73 bits per heavy atom. The van der Waals surface area contributed by atoms with E-state index >= 15 is 0 Å². The van der Waals surface area contributed by atoms with Crippen molar-refractivity contribution in [2.75, 3.05) is 19.5 Å². The lowest BCUT2D eigenvalue weighted by Gasteiger charge is -2.16. The third-order valence-corrected chi connectivity index (χ3v) is 2.31. The molecule has 0 aliphatic carbocycles. The lowest BCUT2D eigenvalue weighted by Crippen LogP contribution is -2.17. The predicted molar refractivity (Wildman–Crippen MR) is 59.7 cm³/mol. The summed E-state index contributed by atoms with van der Waals surface area (Å²) in [5.74, 6) is -0.404. The monoisotopic (exact) mass is 208 g/mol. The first-order valence-electron chi connectivity index (χ1n) is 4.75. The molecule has 0 fully saturated rings. The zero-order valence-corrected chi connectivity index (χ0v) is 8.99. The molecule has 4 nitrogen and oxygen atoms in total. The van der Waals surface area contributed by atoms with Gasteiger partial charge in [-0.3, -0.25) is 4.79 Å². The van der Waals surface area contributed by atoms with E-state index < -0.39 is 5.91 Å². The van der Waals surface area contributed by atoms with Crippen LogP contribution >= 0.6 is 0 Å². The molecule has 0 radical (unpaired) electrons. The number of rotatable bonds is 4. The number of nitrogens with two attached hydrogens (primary N) is 2. The highest BCUT2D eigenvalue weighted by atomic mass is 16.5. The van der Waals surface area contributed by atoms with Gasteiger partial charge in [-0.1, -0.05) is 13.0 Å². The third-order valence-electron chi connectivity index (χ3n) is 2.31. The second kappa shape index (κ2) is 4.79. The molecular weight excluding hydrogens is 192 g/mol. The quantitative estimate of drug-likeness (QED) is 0.728. The maximum Gasteiger partial charge on any atom is 0.249 e. The van der Waals surface area contributed by atoms with Crippen LogP contribution in [-0.2, 0) is 4.74 Å². The fourth-order valence-electron chi connectivity index (χ4n) is 1.68. The molecule has 0 heterocycles. The Bertz CT molecular complexity index is 364. The summed E-state index contributed by atoms with van der Waals surface area (Å²) in [6.45, 7) is 2.45. The Hall–Kier alpha value is -1.55. The molecule has 0 aliphatic rings. The van der Waals surface area contributed by atoms with E-state index in [0.717, 1.165) is 5.56 Å². The summed E-state index contributed by atoms with van der Waals surface area (Å²) in [5.41, 5.74) is 12.9. The van der Waals surface area contributed by atoms with Crippen molar-refractivity contribution in [1.29, 1.82) is 0 Å². The molecule has 0 saturated heterocycles. The molecule has 0 aliphatic heterocycles. The molecular formula is C11H16N2O2. The first-order valence-corrected chi connectivity index (χ1v) is 4.75. The fraction of sp³-hybridized carbons (Fsp3) is 0.364. The minimum atomic E-state index is -0.458. The number of anilines is 1. The number of carbonyl (C=O) groups excluding carboxylic acids is 1. The van der Waals surface area contributed by atoms with Crippen molar-refractivity contribution in [3.8, 4) is 0 Å². The summed E-state index contributed by atoms with van der Waals surface area (Å²) in [4.78, 5) is 11.2. The van der Waals surface area contributed by atoms with Crippen LogP contribution in [0.3, 0.4) is 0 Å². The van der Waals surface area contributed by atoms with Crippen LogP contribution in [0.15, 0.2) is 18.2 Å². The minimum absolute atomic E-state index is 0.0544. The van der Waals surface area contributed by atoms with Gasteiger partial charge in [0.15, 0.2) is 0 Å². The van der Waals surface area contributed by atoms with E-state index in [4.69, 9.17) is 16.2 Å². The first-order chi connectivity index (χ1) is 7.07. The number of primary amides is 1. The molecule has 82 valence electrons. The van der Waals surface area contributed by atoms with Gasteiger partial charge in [-0.05, 0) is 17.7 Å². The summed E-state index contributed by atoms with van der Waals surface area (Å²) in [5, 5.41) is 0. The van der Waals surface area contributed by atoms with Gasteiger partial charge in [0.05, 0.1) is 6.61 Å². The van der Waals surface area contributed by atoms with Gasteiger partial charge in [-0.15, -0.1) is 0 Å². The van der Waals surface area contributed by atoms with E-state index in [9.17, 15) is 4.79 Å². The Morgan fingerprint density at radius 2 is 2.20 bits per heavy atom. The molecule has 0 aromatic heterocycles. The lowest BCUT2D eigenvalue weighted by atomic mass is 9.94. The number of hydrogen-bond donors (Lipinski definition) is 2. The summed E-state index contributed by atoms with van der Waals surface area (Å²) in [6.07, 6.45) is 0. The second-order valence-corrected chi connectivity index (χ2v) is 3.53. The van der Waals surface area contributed by atoms with Crippen molar-refractivity contribution >= 4 is 11.6 Å². The van der Waals surface area contributed by atoms with Gasteiger partial charge in [-0.25, -0.2) is 0 Å². The molecule has 15 heavy (non-hydrogen) atoms. The average molecular weight is 208 g/mol. The van der Waals surface area contributed by atoms with Crippen LogP contribution in [0.4, 0.5) is 5.69 Å². The molecule has 1 aromatic rings. The van der Waals surface area contributed by atoms with Crippen LogP contribution in [0.1, 0.15) is 28.8 Å². The van der Waals surface area contributed by atoms with Crippen molar-refractivity contribution in [3.05, 3.63) is 29.3 Å². The molecule has 4 N–H and O–H groups in total. The largest absolute Gasteiger partial charge is 0.398 e. The van der Waals surface area contributed by atoms with E-state index in [1.165, 1.54) is 0 Å².